The van der Waals surface area contributed by atoms with Gasteiger partial charge in [0.2, 0.25) is 0 Å². The Bertz CT molecular complexity index is 604. The van der Waals surface area contributed by atoms with E-state index in [1.165, 1.54) is 12.1 Å². The minimum atomic E-state index is -0.130. The molecule has 0 fully saturated rings. The van der Waals surface area contributed by atoms with E-state index in [0.717, 1.165) is 17.5 Å². The lowest BCUT2D eigenvalue weighted by molar-refractivity contribution is 0.174. The summed E-state index contributed by atoms with van der Waals surface area (Å²) < 4.78 is 5.82. The number of rotatable bonds is 1. The number of phenolic OH excluding ortho intramolecular Hbond substituents is 3. The molecular formula is C15H14O4. The van der Waals surface area contributed by atoms with Crippen molar-refractivity contribution in [3.63, 3.8) is 0 Å². The summed E-state index contributed by atoms with van der Waals surface area (Å²) in [6, 6.07) is 9.70. The molecule has 2 aromatic rings. The first-order chi connectivity index (χ1) is 9.13. The van der Waals surface area contributed by atoms with Gasteiger partial charge in [-0.3, -0.25) is 0 Å². The minimum Gasteiger partial charge on any atom is -0.508 e. The topological polar surface area (TPSA) is 69.9 Å². The molecule has 1 atom stereocenters. The summed E-state index contributed by atoms with van der Waals surface area (Å²) >= 11 is 0. The molecule has 0 saturated heterocycles. The second-order valence-corrected chi connectivity index (χ2v) is 4.68. The number of aromatic hydroxyl groups is 3. The fraction of sp³-hybridized carbons (Fsp3) is 0.200. The Balaban J connectivity index is 1.91. The highest BCUT2D eigenvalue weighted by Crippen LogP contribution is 2.41. The molecule has 0 spiro atoms. The molecule has 2 aromatic carbocycles. The molecule has 1 aliphatic heterocycles. The first-order valence-electron chi connectivity index (χ1n) is 6.14. The molecule has 98 valence electrons. The van der Waals surface area contributed by atoms with Gasteiger partial charge in [0.1, 0.15) is 29.1 Å². The van der Waals surface area contributed by atoms with E-state index in [1.54, 1.807) is 12.1 Å². The maximum atomic E-state index is 9.76. The Kier molecular flexibility index (Phi) is 2.71. The van der Waals surface area contributed by atoms with Crippen molar-refractivity contribution in [3.8, 4) is 23.0 Å². The molecule has 4 nitrogen and oxygen atoms in total. The van der Waals surface area contributed by atoms with Crippen molar-refractivity contribution in [1.82, 2.24) is 0 Å². The molecule has 3 rings (SSSR count). The van der Waals surface area contributed by atoms with Crippen LogP contribution >= 0.6 is 0 Å². The van der Waals surface area contributed by atoms with Gasteiger partial charge in [0.05, 0.1) is 0 Å². The van der Waals surface area contributed by atoms with E-state index in [4.69, 9.17) is 4.74 Å². The SMILES string of the molecule is Oc1ccc(C2CCc3c(O)cc(O)cc3O2)cc1. The van der Waals surface area contributed by atoms with E-state index in [2.05, 4.69) is 0 Å². The molecule has 0 saturated carbocycles. The fourth-order valence-corrected chi connectivity index (χ4v) is 2.38. The summed E-state index contributed by atoms with van der Waals surface area (Å²) in [4.78, 5) is 0. The smallest absolute Gasteiger partial charge is 0.130 e. The van der Waals surface area contributed by atoms with Crippen LogP contribution in [0.3, 0.4) is 0 Å². The van der Waals surface area contributed by atoms with Gasteiger partial charge in [-0.15, -0.1) is 0 Å². The van der Waals surface area contributed by atoms with Crippen LogP contribution in [-0.2, 0) is 6.42 Å². The van der Waals surface area contributed by atoms with Gasteiger partial charge in [-0.2, -0.15) is 0 Å². The molecule has 4 heteroatoms. The molecule has 1 aliphatic rings. The lowest BCUT2D eigenvalue weighted by Crippen LogP contribution is -2.15. The van der Waals surface area contributed by atoms with E-state index < -0.39 is 0 Å². The van der Waals surface area contributed by atoms with Crippen LogP contribution in [0.4, 0.5) is 0 Å². The lowest BCUT2D eigenvalue weighted by atomic mass is 9.96. The van der Waals surface area contributed by atoms with E-state index in [-0.39, 0.29) is 23.4 Å². The van der Waals surface area contributed by atoms with Gasteiger partial charge in [-0.1, -0.05) is 12.1 Å². The zero-order valence-corrected chi connectivity index (χ0v) is 10.2. The Hall–Kier alpha value is -2.36. The largest absolute Gasteiger partial charge is 0.508 e. The Morgan fingerprint density at radius 2 is 1.68 bits per heavy atom. The fourth-order valence-electron chi connectivity index (χ4n) is 2.38. The van der Waals surface area contributed by atoms with Gasteiger partial charge < -0.3 is 20.1 Å². The number of phenols is 3. The van der Waals surface area contributed by atoms with Crippen molar-refractivity contribution in [2.75, 3.05) is 0 Å². The molecule has 3 N–H and O–H groups in total. The molecule has 0 radical (unpaired) electrons. The molecule has 1 unspecified atom stereocenters. The molecular weight excluding hydrogens is 244 g/mol. The van der Waals surface area contributed by atoms with Crippen molar-refractivity contribution in [3.05, 3.63) is 47.5 Å². The summed E-state index contributed by atoms with van der Waals surface area (Å²) in [5, 5.41) is 28.5. The van der Waals surface area contributed by atoms with Gasteiger partial charge in [0.15, 0.2) is 0 Å². The third kappa shape index (κ3) is 2.17. The van der Waals surface area contributed by atoms with Crippen molar-refractivity contribution in [2.45, 2.75) is 18.9 Å². The Labute approximate surface area is 110 Å². The number of hydrogen-bond donors (Lipinski definition) is 3. The molecule has 1 heterocycles. The van der Waals surface area contributed by atoms with E-state index >= 15 is 0 Å². The third-order valence-corrected chi connectivity index (χ3v) is 3.36. The zero-order valence-electron chi connectivity index (χ0n) is 10.2. The van der Waals surface area contributed by atoms with Crippen molar-refractivity contribution >= 4 is 0 Å². The molecule has 0 amide bonds. The maximum absolute atomic E-state index is 9.76. The van der Waals surface area contributed by atoms with Gasteiger partial charge in [0, 0.05) is 17.7 Å². The van der Waals surface area contributed by atoms with E-state index in [1.807, 2.05) is 12.1 Å². The number of hydrogen-bond acceptors (Lipinski definition) is 4. The highest BCUT2D eigenvalue weighted by atomic mass is 16.5. The van der Waals surface area contributed by atoms with Gasteiger partial charge in [0.25, 0.3) is 0 Å². The minimum absolute atomic E-state index is 0.0115. The number of fused-ring (bicyclic) bond motifs is 1. The average molecular weight is 258 g/mol. The van der Waals surface area contributed by atoms with Crippen LogP contribution in [0, 0.1) is 0 Å². The quantitative estimate of drug-likeness (QED) is 0.735. The monoisotopic (exact) mass is 258 g/mol. The van der Waals surface area contributed by atoms with Crippen LogP contribution < -0.4 is 4.74 Å². The molecule has 0 aliphatic carbocycles. The number of benzene rings is 2. The van der Waals surface area contributed by atoms with Crippen molar-refractivity contribution in [1.29, 1.82) is 0 Å². The first-order valence-corrected chi connectivity index (χ1v) is 6.14. The van der Waals surface area contributed by atoms with Crippen molar-refractivity contribution in [2.24, 2.45) is 0 Å². The van der Waals surface area contributed by atoms with Crippen molar-refractivity contribution < 1.29 is 20.1 Å². The maximum Gasteiger partial charge on any atom is 0.130 e. The molecule has 0 bridgehead atoms. The zero-order chi connectivity index (χ0) is 13.4. The van der Waals surface area contributed by atoms with Crippen LogP contribution in [0.25, 0.3) is 0 Å². The second-order valence-electron chi connectivity index (χ2n) is 4.68. The predicted molar refractivity (Wildman–Crippen MR) is 69.6 cm³/mol. The van der Waals surface area contributed by atoms with Crippen LogP contribution in [0.15, 0.2) is 36.4 Å². The first kappa shape index (κ1) is 11.7. The third-order valence-electron chi connectivity index (χ3n) is 3.36. The standard InChI is InChI=1S/C15H14O4/c16-10-3-1-9(2-4-10)14-6-5-12-13(18)7-11(17)8-15(12)19-14/h1-4,7-8,14,16-18H,5-6H2. The van der Waals surface area contributed by atoms with Gasteiger partial charge in [-0.05, 0) is 30.5 Å². The van der Waals surface area contributed by atoms with Crippen LogP contribution in [0.1, 0.15) is 23.7 Å². The molecule has 19 heavy (non-hydrogen) atoms. The van der Waals surface area contributed by atoms with E-state index in [0.29, 0.717) is 12.2 Å². The van der Waals surface area contributed by atoms with Crippen LogP contribution in [0.5, 0.6) is 23.0 Å². The summed E-state index contributed by atoms with van der Waals surface area (Å²) in [5.74, 6) is 0.791. The Morgan fingerprint density at radius 3 is 2.42 bits per heavy atom. The highest BCUT2D eigenvalue weighted by Gasteiger charge is 2.24. The molecule has 0 aromatic heterocycles. The predicted octanol–water partition coefficient (Wildman–Crippen LogP) is 2.87. The Morgan fingerprint density at radius 1 is 0.947 bits per heavy atom. The summed E-state index contributed by atoms with van der Waals surface area (Å²) in [6.45, 7) is 0. The van der Waals surface area contributed by atoms with Crippen LogP contribution in [0.2, 0.25) is 0 Å². The second kappa shape index (κ2) is 4.39. The summed E-state index contributed by atoms with van der Waals surface area (Å²) in [7, 11) is 0. The normalized spacial score (nSPS) is 17.6. The number of ether oxygens (including phenoxy) is 1. The highest BCUT2D eigenvalue weighted by molar-refractivity contribution is 5.50. The van der Waals surface area contributed by atoms with Gasteiger partial charge in [-0.25, -0.2) is 0 Å². The van der Waals surface area contributed by atoms with Crippen LogP contribution in [-0.4, -0.2) is 15.3 Å². The summed E-state index contributed by atoms with van der Waals surface area (Å²) in [6.07, 6.45) is 1.30. The average Bonchev–Trinajstić information content (AvgIpc) is 2.38. The lowest BCUT2D eigenvalue weighted by Gasteiger charge is -2.27. The van der Waals surface area contributed by atoms with Gasteiger partial charge >= 0.3 is 0 Å². The summed E-state index contributed by atoms with van der Waals surface area (Å²) in [5.41, 5.74) is 1.69. The van der Waals surface area contributed by atoms with E-state index in [9.17, 15) is 15.3 Å².